The van der Waals surface area contributed by atoms with Crippen LogP contribution in [0.4, 0.5) is 4.79 Å². The first-order chi connectivity index (χ1) is 11.6. The zero-order valence-electron chi connectivity index (χ0n) is 13.5. The number of benzene rings is 2. The Hall–Kier alpha value is -2.33. The van der Waals surface area contributed by atoms with Crippen LogP contribution >= 0.6 is 11.6 Å². The summed E-state index contributed by atoms with van der Waals surface area (Å²) in [5, 5.41) is 3.47. The van der Waals surface area contributed by atoms with Crippen LogP contribution in [0.5, 0.6) is 0 Å². The van der Waals surface area contributed by atoms with Crippen molar-refractivity contribution in [2.24, 2.45) is 0 Å². The number of nitrogens with one attached hydrogen (secondary N) is 1. The molecule has 0 saturated carbocycles. The predicted molar refractivity (Wildman–Crippen MR) is 93.6 cm³/mol. The van der Waals surface area contributed by atoms with Gasteiger partial charge in [0.25, 0.3) is 5.91 Å². The maximum Gasteiger partial charge on any atom is 0.325 e. The molecule has 2 aromatic carbocycles. The Morgan fingerprint density at radius 2 is 1.71 bits per heavy atom. The average molecular weight is 343 g/mol. The first kappa shape index (κ1) is 16.5. The van der Waals surface area contributed by atoms with Gasteiger partial charge in [-0.3, -0.25) is 9.69 Å². The van der Waals surface area contributed by atoms with Crippen LogP contribution in [0.25, 0.3) is 0 Å². The third-order valence-corrected chi connectivity index (χ3v) is 4.72. The van der Waals surface area contributed by atoms with E-state index in [2.05, 4.69) is 5.32 Å². The van der Waals surface area contributed by atoms with Crippen molar-refractivity contribution >= 4 is 23.5 Å². The molecule has 0 aliphatic carbocycles. The second-order valence-electron chi connectivity index (χ2n) is 5.93. The van der Waals surface area contributed by atoms with Crippen LogP contribution in [0, 0.1) is 0 Å². The van der Waals surface area contributed by atoms with Gasteiger partial charge in [-0.2, -0.15) is 0 Å². The van der Waals surface area contributed by atoms with E-state index in [1.165, 1.54) is 4.90 Å². The first-order valence-electron chi connectivity index (χ1n) is 8.01. The Morgan fingerprint density at radius 3 is 2.38 bits per heavy atom. The Labute approximate surface area is 146 Å². The molecule has 0 aromatic heterocycles. The molecule has 1 N–H and O–H groups in total. The van der Waals surface area contributed by atoms with Gasteiger partial charge in [-0.1, -0.05) is 73.5 Å². The minimum Gasteiger partial charge on any atom is -0.319 e. The number of rotatable bonds is 5. The van der Waals surface area contributed by atoms with Crippen molar-refractivity contribution in [1.82, 2.24) is 10.2 Å². The molecule has 1 aliphatic heterocycles. The number of carbonyl (C=O) groups excluding carboxylic acids is 2. The third kappa shape index (κ3) is 2.78. The molecule has 1 heterocycles. The van der Waals surface area contributed by atoms with Crippen LogP contribution in [0.2, 0.25) is 5.02 Å². The van der Waals surface area contributed by atoms with Crippen LogP contribution in [0.1, 0.15) is 30.9 Å². The molecule has 3 rings (SSSR count). The van der Waals surface area contributed by atoms with Crippen LogP contribution in [-0.2, 0) is 16.9 Å². The van der Waals surface area contributed by atoms with E-state index in [0.29, 0.717) is 11.4 Å². The molecule has 1 unspecified atom stereocenters. The maximum absolute atomic E-state index is 13.1. The second-order valence-corrected chi connectivity index (χ2v) is 6.34. The summed E-state index contributed by atoms with van der Waals surface area (Å²) in [6, 6.07) is 16.3. The van der Waals surface area contributed by atoms with E-state index in [9.17, 15) is 9.59 Å². The lowest BCUT2D eigenvalue weighted by atomic mass is 9.85. The highest BCUT2D eigenvalue weighted by Gasteiger charge is 2.51. The SMILES string of the molecule is CCCC1(c2ccccc2)NC(=O)N(Cc2ccccc2Cl)C1=O. The molecule has 1 fully saturated rings. The summed E-state index contributed by atoms with van der Waals surface area (Å²) in [5.41, 5.74) is 0.573. The standard InChI is InChI=1S/C19H19ClN2O2/c1-2-12-19(15-9-4-3-5-10-15)17(23)22(18(24)21-19)13-14-8-6-7-11-16(14)20/h3-11H,2,12-13H2,1H3,(H,21,24). The molecule has 1 saturated heterocycles. The molecule has 1 aliphatic rings. The fourth-order valence-electron chi connectivity index (χ4n) is 3.17. The number of imide groups is 1. The quantitative estimate of drug-likeness (QED) is 0.832. The summed E-state index contributed by atoms with van der Waals surface area (Å²) in [6.07, 6.45) is 1.33. The highest BCUT2D eigenvalue weighted by molar-refractivity contribution is 6.31. The van der Waals surface area contributed by atoms with Gasteiger partial charge < -0.3 is 5.32 Å². The van der Waals surface area contributed by atoms with Gasteiger partial charge in [0.15, 0.2) is 0 Å². The summed E-state index contributed by atoms with van der Waals surface area (Å²) in [4.78, 5) is 26.9. The van der Waals surface area contributed by atoms with Crippen molar-refractivity contribution in [1.29, 1.82) is 0 Å². The van der Waals surface area contributed by atoms with Gasteiger partial charge in [-0.25, -0.2) is 4.79 Å². The Kier molecular flexibility index (Phi) is 4.58. The maximum atomic E-state index is 13.1. The molecule has 3 amide bonds. The number of carbonyl (C=O) groups is 2. The summed E-state index contributed by atoms with van der Waals surface area (Å²) in [7, 11) is 0. The number of amides is 3. The smallest absolute Gasteiger partial charge is 0.319 e. The van der Waals surface area contributed by atoms with Gasteiger partial charge in [0, 0.05) is 5.02 Å². The molecule has 24 heavy (non-hydrogen) atoms. The molecule has 1 atom stereocenters. The normalized spacial score (nSPS) is 20.3. The van der Waals surface area contributed by atoms with E-state index in [4.69, 9.17) is 11.6 Å². The summed E-state index contributed by atoms with van der Waals surface area (Å²) < 4.78 is 0. The predicted octanol–water partition coefficient (Wildman–Crippen LogP) is 4.09. The summed E-state index contributed by atoms with van der Waals surface area (Å²) in [5.74, 6) is -0.222. The molecule has 0 spiro atoms. The van der Waals surface area contributed by atoms with Crippen molar-refractivity contribution in [2.45, 2.75) is 31.8 Å². The fourth-order valence-corrected chi connectivity index (χ4v) is 3.37. The van der Waals surface area contributed by atoms with Crippen LogP contribution < -0.4 is 5.32 Å². The van der Waals surface area contributed by atoms with Crippen molar-refractivity contribution in [2.75, 3.05) is 0 Å². The topological polar surface area (TPSA) is 49.4 Å². The van der Waals surface area contributed by atoms with Crippen molar-refractivity contribution in [3.63, 3.8) is 0 Å². The van der Waals surface area contributed by atoms with Gasteiger partial charge >= 0.3 is 6.03 Å². The van der Waals surface area contributed by atoms with Crippen molar-refractivity contribution in [3.8, 4) is 0 Å². The molecule has 0 radical (unpaired) electrons. The first-order valence-corrected chi connectivity index (χ1v) is 8.39. The van der Waals surface area contributed by atoms with Crippen LogP contribution in [0.15, 0.2) is 54.6 Å². The minimum atomic E-state index is -0.992. The average Bonchev–Trinajstić information content (AvgIpc) is 2.83. The number of nitrogens with zero attached hydrogens (tertiary/aromatic N) is 1. The highest BCUT2D eigenvalue weighted by Crippen LogP contribution is 2.34. The van der Waals surface area contributed by atoms with Crippen LogP contribution in [-0.4, -0.2) is 16.8 Å². The van der Waals surface area contributed by atoms with E-state index < -0.39 is 5.54 Å². The third-order valence-electron chi connectivity index (χ3n) is 4.35. The highest BCUT2D eigenvalue weighted by atomic mass is 35.5. The Bertz CT molecular complexity index is 763. The summed E-state index contributed by atoms with van der Waals surface area (Å²) >= 11 is 6.18. The number of halogens is 1. The molecular weight excluding hydrogens is 324 g/mol. The number of hydrogen-bond donors (Lipinski definition) is 1. The Balaban J connectivity index is 1.96. The largest absolute Gasteiger partial charge is 0.325 e. The lowest BCUT2D eigenvalue weighted by Gasteiger charge is -2.27. The molecule has 4 nitrogen and oxygen atoms in total. The second kappa shape index (κ2) is 6.65. The lowest BCUT2D eigenvalue weighted by molar-refractivity contribution is -0.132. The van der Waals surface area contributed by atoms with E-state index in [0.717, 1.165) is 17.5 Å². The molecule has 2 aromatic rings. The van der Waals surface area contributed by atoms with Crippen molar-refractivity contribution in [3.05, 3.63) is 70.7 Å². The van der Waals surface area contributed by atoms with Gasteiger partial charge in [-0.05, 0) is 23.6 Å². The zero-order chi connectivity index (χ0) is 17.2. The molecule has 5 heteroatoms. The van der Waals surface area contributed by atoms with Gasteiger partial charge in [-0.15, -0.1) is 0 Å². The van der Waals surface area contributed by atoms with Crippen molar-refractivity contribution < 1.29 is 9.59 Å². The van der Waals surface area contributed by atoms with E-state index in [-0.39, 0.29) is 18.5 Å². The fraction of sp³-hybridized carbons (Fsp3) is 0.263. The molecule has 0 bridgehead atoms. The number of urea groups is 1. The monoisotopic (exact) mass is 342 g/mol. The molecule has 124 valence electrons. The van der Waals surface area contributed by atoms with E-state index >= 15 is 0 Å². The lowest BCUT2D eigenvalue weighted by Crippen LogP contribution is -2.43. The molecular formula is C19H19ClN2O2. The zero-order valence-corrected chi connectivity index (χ0v) is 14.2. The van der Waals surface area contributed by atoms with E-state index in [1.807, 2.05) is 55.5 Å². The van der Waals surface area contributed by atoms with Gasteiger partial charge in [0.1, 0.15) is 5.54 Å². The Morgan fingerprint density at radius 1 is 1.04 bits per heavy atom. The minimum absolute atomic E-state index is 0.169. The van der Waals surface area contributed by atoms with Gasteiger partial charge in [0.05, 0.1) is 6.54 Å². The number of hydrogen-bond acceptors (Lipinski definition) is 2. The summed E-state index contributed by atoms with van der Waals surface area (Å²) in [6.45, 7) is 2.17. The van der Waals surface area contributed by atoms with Gasteiger partial charge in [0.2, 0.25) is 0 Å². The van der Waals surface area contributed by atoms with E-state index in [1.54, 1.807) is 6.07 Å². The van der Waals surface area contributed by atoms with Crippen LogP contribution in [0.3, 0.4) is 0 Å².